The van der Waals surface area contributed by atoms with Crippen molar-refractivity contribution in [1.82, 2.24) is 0 Å². The van der Waals surface area contributed by atoms with E-state index >= 15 is 0 Å². The van der Waals surface area contributed by atoms with Crippen LogP contribution in [-0.2, 0) is 6.42 Å². The largest absolute Gasteiger partial charge is 0.370 e. The van der Waals surface area contributed by atoms with E-state index in [1.165, 1.54) is 0 Å². The highest BCUT2D eigenvalue weighted by atomic mass is 35.5. The third-order valence-electron chi connectivity index (χ3n) is 1.95. The highest BCUT2D eigenvalue weighted by Gasteiger charge is 2.07. The number of rotatable bonds is 2. The van der Waals surface area contributed by atoms with Gasteiger partial charge >= 0.3 is 0 Å². The standard InChI is InChI=1S/C10H13Cl2N5/c1-2-5-3-6(11)8(7(12)4-5)16-10(15)17-9(13)14/h3-4H,2H2,1H3,(H6,13,14,15,16,17). The topological polar surface area (TPSA) is 103 Å². The van der Waals surface area contributed by atoms with E-state index in [2.05, 4.69) is 9.98 Å². The minimum Gasteiger partial charge on any atom is -0.370 e. The third-order valence-corrected chi connectivity index (χ3v) is 2.53. The lowest BCUT2D eigenvalue weighted by molar-refractivity contribution is 1.14. The molecule has 0 amide bonds. The van der Waals surface area contributed by atoms with Crippen molar-refractivity contribution in [3.8, 4) is 0 Å². The molecule has 7 heteroatoms. The van der Waals surface area contributed by atoms with E-state index in [0.717, 1.165) is 12.0 Å². The molecule has 0 bridgehead atoms. The van der Waals surface area contributed by atoms with E-state index in [1.54, 1.807) is 12.1 Å². The summed E-state index contributed by atoms with van der Waals surface area (Å²) in [4.78, 5) is 7.54. The van der Waals surface area contributed by atoms with Gasteiger partial charge in [0.2, 0.25) is 5.96 Å². The first-order valence-corrected chi connectivity index (χ1v) is 5.61. The zero-order valence-electron chi connectivity index (χ0n) is 9.24. The highest BCUT2D eigenvalue weighted by Crippen LogP contribution is 2.34. The fraction of sp³-hybridized carbons (Fsp3) is 0.200. The molecule has 0 heterocycles. The van der Waals surface area contributed by atoms with Gasteiger partial charge < -0.3 is 17.2 Å². The predicted molar refractivity (Wildman–Crippen MR) is 72.9 cm³/mol. The maximum atomic E-state index is 6.04. The minimum atomic E-state index is -0.177. The Morgan fingerprint density at radius 1 is 1.18 bits per heavy atom. The summed E-state index contributed by atoms with van der Waals surface area (Å²) in [6, 6.07) is 3.55. The van der Waals surface area contributed by atoms with Gasteiger partial charge in [-0.2, -0.15) is 4.99 Å². The molecular formula is C10H13Cl2N5. The van der Waals surface area contributed by atoms with Crippen LogP contribution >= 0.6 is 23.2 Å². The first kappa shape index (κ1) is 13.6. The highest BCUT2D eigenvalue weighted by molar-refractivity contribution is 6.39. The number of halogens is 2. The number of hydrogen-bond acceptors (Lipinski definition) is 1. The molecule has 0 aliphatic rings. The molecule has 0 radical (unpaired) electrons. The molecule has 0 aliphatic heterocycles. The average Bonchev–Trinajstić information content (AvgIpc) is 2.22. The Balaban J connectivity index is 3.20. The quantitative estimate of drug-likeness (QED) is 0.565. The monoisotopic (exact) mass is 273 g/mol. The molecule has 0 saturated carbocycles. The van der Waals surface area contributed by atoms with Crippen molar-refractivity contribution in [2.75, 3.05) is 0 Å². The van der Waals surface area contributed by atoms with Crippen LogP contribution in [0.3, 0.4) is 0 Å². The van der Waals surface area contributed by atoms with Gasteiger partial charge in [-0.15, -0.1) is 0 Å². The Kier molecular flexibility index (Phi) is 4.60. The number of nitrogens with two attached hydrogens (primary N) is 3. The SMILES string of the molecule is CCc1cc(Cl)c(N=C(N)N=C(N)N)c(Cl)c1. The molecule has 17 heavy (non-hydrogen) atoms. The van der Waals surface area contributed by atoms with Gasteiger partial charge in [0.05, 0.1) is 10.0 Å². The van der Waals surface area contributed by atoms with Crippen LogP contribution in [-0.4, -0.2) is 11.9 Å². The predicted octanol–water partition coefficient (Wildman–Crippen LogP) is 1.78. The molecule has 0 saturated heterocycles. The summed E-state index contributed by atoms with van der Waals surface area (Å²) in [6.07, 6.45) is 0.826. The number of nitrogens with zero attached hydrogens (tertiary/aromatic N) is 2. The molecule has 1 aromatic carbocycles. The van der Waals surface area contributed by atoms with E-state index in [-0.39, 0.29) is 11.9 Å². The van der Waals surface area contributed by atoms with Crippen LogP contribution in [0.1, 0.15) is 12.5 Å². The minimum absolute atomic E-state index is 0.0990. The number of aryl methyl sites for hydroxylation is 1. The van der Waals surface area contributed by atoms with Crippen LogP contribution in [0.15, 0.2) is 22.1 Å². The van der Waals surface area contributed by atoms with Crippen molar-refractivity contribution in [3.63, 3.8) is 0 Å². The number of aliphatic imine (C=N–C) groups is 2. The second-order valence-electron chi connectivity index (χ2n) is 3.27. The van der Waals surface area contributed by atoms with Gasteiger partial charge in [-0.1, -0.05) is 30.1 Å². The summed E-state index contributed by atoms with van der Waals surface area (Å²) in [7, 11) is 0. The van der Waals surface area contributed by atoms with Gasteiger partial charge in [-0.3, -0.25) is 0 Å². The molecule has 5 nitrogen and oxygen atoms in total. The number of hydrogen-bond donors (Lipinski definition) is 3. The molecule has 92 valence electrons. The van der Waals surface area contributed by atoms with Gasteiger partial charge in [-0.05, 0) is 24.1 Å². The van der Waals surface area contributed by atoms with E-state index in [4.69, 9.17) is 40.4 Å². The zero-order valence-corrected chi connectivity index (χ0v) is 10.8. The summed E-state index contributed by atoms with van der Waals surface area (Å²) < 4.78 is 0. The third kappa shape index (κ3) is 3.80. The van der Waals surface area contributed by atoms with Crippen LogP contribution in [0.4, 0.5) is 5.69 Å². The van der Waals surface area contributed by atoms with Gasteiger partial charge in [0, 0.05) is 0 Å². The van der Waals surface area contributed by atoms with E-state index in [1.807, 2.05) is 6.92 Å². The van der Waals surface area contributed by atoms with Gasteiger partial charge in [0.15, 0.2) is 5.96 Å². The average molecular weight is 274 g/mol. The number of guanidine groups is 2. The van der Waals surface area contributed by atoms with Crippen molar-refractivity contribution < 1.29 is 0 Å². The lowest BCUT2D eigenvalue weighted by Crippen LogP contribution is -2.26. The molecule has 0 unspecified atom stereocenters. The summed E-state index contributed by atoms with van der Waals surface area (Å²) in [6.45, 7) is 2.00. The lowest BCUT2D eigenvalue weighted by Gasteiger charge is -2.05. The maximum absolute atomic E-state index is 6.04. The normalized spacial score (nSPS) is 11.4. The second-order valence-corrected chi connectivity index (χ2v) is 4.08. The lowest BCUT2D eigenvalue weighted by atomic mass is 10.1. The smallest absolute Gasteiger partial charge is 0.223 e. The molecule has 0 aromatic heterocycles. The molecule has 0 atom stereocenters. The molecular weight excluding hydrogens is 261 g/mol. The first-order valence-electron chi connectivity index (χ1n) is 4.85. The fourth-order valence-corrected chi connectivity index (χ4v) is 1.82. The van der Waals surface area contributed by atoms with Gasteiger partial charge in [0.25, 0.3) is 0 Å². The molecule has 0 fully saturated rings. The van der Waals surface area contributed by atoms with Crippen LogP contribution in [0, 0.1) is 0 Å². The van der Waals surface area contributed by atoms with Crippen LogP contribution in [0.25, 0.3) is 0 Å². The van der Waals surface area contributed by atoms with Gasteiger partial charge in [0.1, 0.15) is 5.69 Å². The summed E-state index contributed by atoms with van der Waals surface area (Å²) in [5.74, 6) is -0.276. The maximum Gasteiger partial charge on any atom is 0.223 e. The van der Waals surface area contributed by atoms with E-state index < -0.39 is 0 Å². The fourth-order valence-electron chi connectivity index (χ4n) is 1.20. The molecule has 0 spiro atoms. The van der Waals surface area contributed by atoms with E-state index in [9.17, 15) is 0 Å². The van der Waals surface area contributed by atoms with Gasteiger partial charge in [-0.25, -0.2) is 4.99 Å². The molecule has 6 N–H and O–H groups in total. The number of benzene rings is 1. The zero-order chi connectivity index (χ0) is 13.0. The first-order chi connectivity index (χ1) is 7.93. The molecule has 1 aromatic rings. The van der Waals surface area contributed by atoms with E-state index in [0.29, 0.717) is 15.7 Å². The Morgan fingerprint density at radius 2 is 1.71 bits per heavy atom. The van der Waals surface area contributed by atoms with Crippen LogP contribution in [0.5, 0.6) is 0 Å². The second kappa shape index (κ2) is 5.75. The molecule has 1 rings (SSSR count). The van der Waals surface area contributed by atoms with Crippen molar-refractivity contribution >= 4 is 40.8 Å². The van der Waals surface area contributed by atoms with Crippen molar-refractivity contribution in [1.29, 1.82) is 0 Å². The molecule has 0 aliphatic carbocycles. The summed E-state index contributed by atoms with van der Waals surface area (Å²) in [5, 5.41) is 0.811. The Morgan fingerprint density at radius 3 is 2.12 bits per heavy atom. The Bertz CT molecular complexity index is 455. The Labute approximate surface area is 109 Å². The van der Waals surface area contributed by atoms with Crippen molar-refractivity contribution in [2.45, 2.75) is 13.3 Å². The summed E-state index contributed by atoms with van der Waals surface area (Å²) >= 11 is 12.1. The van der Waals surface area contributed by atoms with Crippen molar-refractivity contribution in [2.24, 2.45) is 27.2 Å². The summed E-state index contributed by atoms with van der Waals surface area (Å²) in [5.41, 5.74) is 17.2. The van der Waals surface area contributed by atoms with Crippen molar-refractivity contribution in [3.05, 3.63) is 27.7 Å². The van der Waals surface area contributed by atoms with Crippen LogP contribution in [0.2, 0.25) is 10.0 Å². The Hall–Kier alpha value is -1.46. The van der Waals surface area contributed by atoms with Crippen LogP contribution < -0.4 is 17.2 Å².